The van der Waals surface area contributed by atoms with E-state index in [1.807, 2.05) is 6.92 Å². The second-order valence-electron chi connectivity index (χ2n) is 2.57. The molecule has 84 valence electrons. The Labute approximate surface area is 91.4 Å². The van der Waals surface area contributed by atoms with E-state index in [0.29, 0.717) is 12.8 Å². The van der Waals surface area contributed by atoms with Crippen molar-refractivity contribution in [2.24, 2.45) is 5.73 Å². The zero-order valence-corrected chi connectivity index (χ0v) is 9.82. The average Bonchev–Trinajstić information content (AvgIpc) is 2.15. The zero-order chi connectivity index (χ0) is 11.7. The van der Waals surface area contributed by atoms with Gasteiger partial charge in [0.2, 0.25) is 0 Å². The summed E-state index contributed by atoms with van der Waals surface area (Å²) in [4.78, 5) is 19.3. The van der Waals surface area contributed by atoms with Gasteiger partial charge in [-0.3, -0.25) is 9.59 Å². The van der Waals surface area contributed by atoms with Gasteiger partial charge in [-0.1, -0.05) is 29.8 Å². The molecule has 0 radical (unpaired) electrons. The van der Waals surface area contributed by atoms with Gasteiger partial charge in [-0.2, -0.15) is 0 Å². The molecule has 14 heavy (non-hydrogen) atoms. The van der Waals surface area contributed by atoms with Gasteiger partial charge in [-0.05, 0) is 12.8 Å². The quantitative estimate of drug-likeness (QED) is 0.663. The molecular formula is C8H16BrNO4. The van der Waals surface area contributed by atoms with E-state index in [9.17, 15) is 9.59 Å². The maximum Gasteiger partial charge on any atom is 0.320 e. The van der Waals surface area contributed by atoms with Crippen LogP contribution in [0.15, 0.2) is 0 Å². The summed E-state index contributed by atoms with van der Waals surface area (Å²) in [5, 5.41) is 16.2. The van der Waals surface area contributed by atoms with E-state index in [-0.39, 0.29) is 4.83 Å². The van der Waals surface area contributed by atoms with Crippen molar-refractivity contribution in [1.82, 2.24) is 0 Å². The third kappa shape index (κ3) is 9.47. The predicted molar refractivity (Wildman–Crippen MR) is 56.5 cm³/mol. The summed E-state index contributed by atoms with van der Waals surface area (Å²) in [6.45, 7) is 3.55. The lowest BCUT2D eigenvalue weighted by Crippen LogP contribution is -2.28. The molecule has 0 aliphatic carbocycles. The lowest BCUT2D eigenvalue weighted by Gasteiger charge is -1.97. The Balaban J connectivity index is 0. The lowest BCUT2D eigenvalue weighted by atomic mass is 10.2. The summed E-state index contributed by atoms with van der Waals surface area (Å²) >= 11 is 2.94. The van der Waals surface area contributed by atoms with Crippen molar-refractivity contribution < 1.29 is 19.8 Å². The first-order chi connectivity index (χ1) is 6.36. The number of alkyl halides is 1. The third-order valence-corrected chi connectivity index (χ3v) is 2.42. The molecule has 4 N–H and O–H groups in total. The molecule has 0 saturated carbocycles. The normalized spacial score (nSPS) is 13.4. The molecule has 0 amide bonds. The number of carboxylic acid groups (broad SMARTS) is 2. The summed E-state index contributed by atoms with van der Waals surface area (Å²) in [5.41, 5.74) is 5.02. The van der Waals surface area contributed by atoms with Gasteiger partial charge in [0.05, 0.1) is 0 Å². The molecule has 6 heteroatoms. The average molecular weight is 270 g/mol. The van der Waals surface area contributed by atoms with Gasteiger partial charge in [0, 0.05) is 0 Å². The van der Waals surface area contributed by atoms with E-state index in [1.54, 1.807) is 6.92 Å². The summed E-state index contributed by atoms with van der Waals surface area (Å²) in [5.74, 6) is -1.72. The molecule has 0 unspecified atom stereocenters. The van der Waals surface area contributed by atoms with Gasteiger partial charge in [0.15, 0.2) is 0 Å². The van der Waals surface area contributed by atoms with Gasteiger partial charge in [-0.15, -0.1) is 0 Å². The van der Waals surface area contributed by atoms with E-state index in [2.05, 4.69) is 15.9 Å². The van der Waals surface area contributed by atoms with Crippen molar-refractivity contribution in [3.63, 3.8) is 0 Å². The lowest BCUT2D eigenvalue weighted by molar-refractivity contribution is -0.138. The maximum atomic E-state index is 9.88. The second-order valence-corrected chi connectivity index (χ2v) is 3.67. The van der Waals surface area contributed by atoms with Crippen LogP contribution in [0, 0.1) is 0 Å². The minimum Gasteiger partial charge on any atom is -0.480 e. The fraction of sp³-hybridized carbons (Fsp3) is 0.750. The number of rotatable bonds is 4. The van der Waals surface area contributed by atoms with Crippen LogP contribution >= 0.6 is 15.9 Å². The SMILES string of the molecule is CC[C@@H](Br)C(=O)O.CC[C@@H](N)C(=O)O. The van der Waals surface area contributed by atoms with E-state index >= 15 is 0 Å². The van der Waals surface area contributed by atoms with Gasteiger partial charge in [0.1, 0.15) is 10.9 Å². The summed E-state index contributed by atoms with van der Waals surface area (Å²) < 4.78 is 0. The van der Waals surface area contributed by atoms with E-state index in [1.165, 1.54) is 0 Å². The van der Waals surface area contributed by atoms with Crippen LogP contribution in [-0.4, -0.2) is 33.0 Å². The Morgan fingerprint density at radius 3 is 1.64 bits per heavy atom. The largest absolute Gasteiger partial charge is 0.480 e. The highest BCUT2D eigenvalue weighted by Gasteiger charge is 2.07. The standard InChI is InChI=1S/C4H7BrO2.C4H9NO2/c2*1-2-3(5)4(6)7/h3H,2H2,1H3,(H,6,7);3H,2,5H2,1H3,(H,6,7)/t2*3-/m11/s1. The molecule has 0 aromatic rings. The first-order valence-corrected chi connectivity index (χ1v) is 5.13. The number of halogens is 1. The molecule has 0 bridgehead atoms. The molecule has 0 fully saturated rings. The van der Waals surface area contributed by atoms with Crippen molar-refractivity contribution in [2.75, 3.05) is 0 Å². The minimum absolute atomic E-state index is 0.368. The van der Waals surface area contributed by atoms with Gasteiger partial charge < -0.3 is 15.9 Å². The summed E-state index contributed by atoms with van der Waals surface area (Å²) in [6, 6.07) is -0.681. The molecule has 0 heterocycles. The number of aliphatic carboxylic acids is 2. The van der Waals surface area contributed by atoms with Crippen molar-refractivity contribution in [2.45, 2.75) is 37.6 Å². The summed E-state index contributed by atoms with van der Waals surface area (Å²) in [6.07, 6.45) is 1.13. The van der Waals surface area contributed by atoms with Crippen molar-refractivity contribution >= 4 is 27.9 Å². The third-order valence-electron chi connectivity index (χ3n) is 1.38. The molecule has 0 aromatic carbocycles. The van der Waals surface area contributed by atoms with Crippen molar-refractivity contribution in [1.29, 1.82) is 0 Å². The van der Waals surface area contributed by atoms with Crippen LogP contribution < -0.4 is 5.73 Å². The smallest absolute Gasteiger partial charge is 0.320 e. The van der Waals surface area contributed by atoms with Crippen LogP contribution in [0.25, 0.3) is 0 Å². The fourth-order valence-corrected chi connectivity index (χ4v) is 0.349. The molecule has 2 atom stereocenters. The van der Waals surface area contributed by atoms with Crippen LogP contribution in [0.1, 0.15) is 26.7 Å². The highest BCUT2D eigenvalue weighted by molar-refractivity contribution is 9.10. The molecule has 0 aliphatic heterocycles. The van der Waals surface area contributed by atoms with E-state index < -0.39 is 18.0 Å². The second kappa shape index (κ2) is 8.96. The number of carboxylic acids is 2. The van der Waals surface area contributed by atoms with E-state index in [4.69, 9.17) is 15.9 Å². The first kappa shape index (κ1) is 15.8. The highest BCUT2D eigenvalue weighted by atomic mass is 79.9. The summed E-state index contributed by atoms with van der Waals surface area (Å²) in [7, 11) is 0. The Morgan fingerprint density at radius 2 is 1.64 bits per heavy atom. The predicted octanol–water partition coefficient (Wildman–Crippen LogP) is 1.05. The molecular weight excluding hydrogens is 254 g/mol. The first-order valence-electron chi connectivity index (χ1n) is 4.22. The molecule has 0 aliphatic rings. The topological polar surface area (TPSA) is 101 Å². The molecule has 0 rings (SSSR count). The monoisotopic (exact) mass is 269 g/mol. The maximum absolute atomic E-state index is 9.88. The molecule has 0 aromatic heterocycles. The van der Waals surface area contributed by atoms with Crippen LogP contribution in [-0.2, 0) is 9.59 Å². The van der Waals surface area contributed by atoms with E-state index in [0.717, 1.165) is 0 Å². The Bertz CT molecular complexity index is 166. The Morgan fingerprint density at radius 1 is 1.21 bits per heavy atom. The van der Waals surface area contributed by atoms with Crippen molar-refractivity contribution in [3.05, 3.63) is 0 Å². The number of carbonyl (C=O) groups is 2. The highest BCUT2D eigenvalue weighted by Crippen LogP contribution is 2.02. The Kier molecular flexibility index (Phi) is 10.1. The van der Waals surface area contributed by atoms with Crippen molar-refractivity contribution in [3.8, 4) is 0 Å². The van der Waals surface area contributed by atoms with Crippen LogP contribution in [0.5, 0.6) is 0 Å². The zero-order valence-electron chi connectivity index (χ0n) is 8.24. The van der Waals surface area contributed by atoms with Crippen LogP contribution in [0.3, 0.4) is 0 Å². The minimum atomic E-state index is -0.928. The van der Waals surface area contributed by atoms with Gasteiger partial charge >= 0.3 is 11.9 Å². The van der Waals surface area contributed by atoms with Gasteiger partial charge in [0.25, 0.3) is 0 Å². The molecule has 0 spiro atoms. The number of hydrogen-bond acceptors (Lipinski definition) is 3. The molecule has 0 saturated heterocycles. The number of nitrogens with two attached hydrogens (primary N) is 1. The fourth-order valence-electron chi connectivity index (χ4n) is 0.349. The molecule has 5 nitrogen and oxygen atoms in total. The van der Waals surface area contributed by atoms with Crippen LogP contribution in [0.4, 0.5) is 0 Å². The Hall–Kier alpha value is -0.620. The van der Waals surface area contributed by atoms with Gasteiger partial charge in [-0.25, -0.2) is 0 Å². The number of hydrogen-bond donors (Lipinski definition) is 3. The van der Waals surface area contributed by atoms with Crippen LogP contribution in [0.2, 0.25) is 0 Å².